The van der Waals surface area contributed by atoms with Crippen LogP contribution in [0.3, 0.4) is 0 Å². The van der Waals surface area contributed by atoms with Crippen LogP contribution in [0.1, 0.15) is 11.1 Å². The molecule has 2 nitrogen and oxygen atoms in total. The first-order valence-electron chi connectivity index (χ1n) is 11.6. The van der Waals surface area contributed by atoms with Crippen molar-refractivity contribution >= 4 is 27.4 Å². The summed E-state index contributed by atoms with van der Waals surface area (Å²) in [5, 5.41) is 2.45. The van der Waals surface area contributed by atoms with Gasteiger partial charge in [0.25, 0.3) is 0 Å². The number of para-hydroxylation sites is 2. The molecule has 164 valence electrons. The Morgan fingerprint density at radius 2 is 0.853 bits per heavy atom. The van der Waals surface area contributed by atoms with Crippen molar-refractivity contribution in [2.75, 3.05) is 0 Å². The number of aryl methyl sites for hydroxylation is 2. The Hall–Kier alpha value is -4.30. The zero-order chi connectivity index (χ0) is 23.2. The summed E-state index contributed by atoms with van der Waals surface area (Å²) in [6.07, 6.45) is 0. The fourth-order valence-corrected chi connectivity index (χ4v) is 5.39. The summed E-state index contributed by atoms with van der Waals surface area (Å²) in [7, 11) is 4.31. The second kappa shape index (κ2) is 7.93. The SMILES string of the molecule is C=C(c1c(-c2ccccc2)n(C)c2ccccc12)c1c(-c2ccccc2)n(C)c2ccccc12. The molecule has 0 aliphatic rings. The molecule has 4 aromatic carbocycles. The fourth-order valence-electron chi connectivity index (χ4n) is 5.39. The summed E-state index contributed by atoms with van der Waals surface area (Å²) in [6.45, 7) is 4.77. The van der Waals surface area contributed by atoms with Crippen LogP contribution in [0.5, 0.6) is 0 Å². The number of rotatable bonds is 4. The van der Waals surface area contributed by atoms with Crippen LogP contribution in [0.4, 0.5) is 0 Å². The van der Waals surface area contributed by atoms with Crippen LogP contribution in [0, 0.1) is 0 Å². The Morgan fingerprint density at radius 3 is 1.26 bits per heavy atom. The maximum atomic E-state index is 4.77. The molecule has 0 N–H and O–H groups in total. The van der Waals surface area contributed by atoms with Crippen LogP contribution in [0.15, 0.2) is 116 Å². The first kappa shape index (κ1) is 20.3. The second-order valence-corrected chi connectivity index (χ2v) is 8.81. The molecule has 0 saturated carbocycles. The molecule has 34 heavy (non-hydrogen) atoms. The topological polar surface area (TPSA) is 9.86 Å². The monoisotopic (exact) mass is 438 g/mol. The van der Waals surface area contributed by atoms with E-state index in [1.165, 1.54) is 55.4 Å². The minimum Gasteiger partial charge on any atom is -0.343 e. The van der Waals surface area contributed by atoms with Gasteiger partial charge in [-0.05, 0) is 28.8 Å². The van der Waals surface area contributed by atoms with E-state index in [-0.39, 0.29) is 0 Å². The Labute approximate surface area is 200 Å². The predicted octanol–water partition coefficient (Wildman–Crippen LogP) is 8.07. The Balaban J connectivity index is 1.72. The molecular formula is C32H26N2. The van der Waals surface area contributed by atoms with Crippen molar-refractivity contribution in [2.24, 2.45) is 14.1 Å². The van der Waals surface area contributed by atoms with Gasteiger partial charge in [0, 0.05) is 47.0 Å². The molecule has 0 spiro atoms. The molecule has 0 atom stereocenters. The van der Waals surface area contributed by atoms with Crippen LogP contribution in [-0.2, 0) is 14.1 Å². The van der Waals surface area contributed by atoms with Crippen LogP contribution < -0.4 is 0 Å². The standard InChI is InChI=1S/C32H26N2/c1-22(29-25-18-10-12-20-27(25)33(2)31(29)23-14-6-4-7-15-23)30-26-19-11-13-21-28(26)34(3)32(30)24-16-8-5-9-17-24/h4-21H,1H2,2-3H3. The van der Waals surface area contributed by atoms with Gasteiger partial charge in [-0.25, -0.2) is 0 Å². The molecule has 2 heterocycles. The van der Waals surface area contributed by atoms with Gasteiger partial charge in [0.15, 0.2) is 0 Å². The van der Waals surface area contributed by atoms with Crippen molar-refractivity contribution < 1.29 is 0 Å². The molecular weight excluding hydrogens is 412 g/mol. The van der Waals surface area contributed by atoms with Gasteiger partial charge in [-0.3, -0.25) is 0 Å². The predicted molar refractivity (Wildman–Crippen MR) is 145 cm³/mol. The average molecular weight is 439 g/mol. The molecule has 0 aliphatic heterocycles. The molecule has 0 unspecified atom stereocenters. The largest absolute Gasteiger partial charge is 0.343 e. The molecule has 0 fully saturated rings. The molecule has 2 heteroatoms. The van der Waals surface area contributed by atoms with E-state index in [1.807, 2.05) is 0 Å². The van der Waals surface area contributed by atoms with E-state index in [4.69, 9.17) is 6.58 Å². The normalized spacial score (nSPS) is 11.4. The summed E-state index contributed by atoms with van der Waals surface area (Å²) in [4.78, 5) is 0. The highest BCUT2D eigenvalue weighted by atomic mass is 15.0. The lowest BCUT2D eigenvalue weighted by molar-refractivity contribution is 0.974. The van der Waals surface area contributed by atoms with Gasteiger partial charge in [-0.2, -0.15) is 0 Å². The van der Waals surface area contributed by atoms with Crippen molar-refractivity contribution in [1.29, 1.82) is 0 Å². The Bertz CT molecular complexity index is 1540. The van der Waals surface area contributed by atoms with Crippen molar-refractivity contribution in [3.05, 3.63) is 127 Å². The maximum Gasteiger partial charge on any atom is 0.0568 e. The fraction of sp³-hybridized carbons (Fsp3) is 0.0625. The minimum absolute atomic E-state index is 1.05. The van der Waals surface area contributed by atoms with E-state index < -0.39 is 0 Å². The molecule has 6 aromatic rings. The van der Waals surface area contributed by atoms with Crippen LogP contribution >= 0.6 is 0 Å². The molecule has 0 saturated heterocycles. The van der Waals surface area contributed by atoms with Crippen molar-refractivity contribution in [1.82, 2.24) is 9.13 Å². The van der Waals surface area contributed by atoms with Crippen LogP contribution in [-0.4, -0.2) is 9.13 Å². The lowest BCUT2D eigenvalue weighted by Crippen LogP contribution is -1.97. The lowest BCUT2D eigenvalue weighted by atomic mass is 9.91. The summed E-state index contributed by atoms with van der Waals surface area (Å²) in [6, 6.07) is 38.6. The van der Waals surface area contributed by atoms with Gasteiger partial charge >= 0.3 is 0 Å². The summed E-state index contributed by atoms with van der Waals surface area (Å²) in [5.74, 6) is 0. The number of benzene rings is 4. The second-order valence-electron chi connectivity index (χ2n) is 8.81. The van der Waals surface area contributed by atoms with Gasteiger partial charge in [0.05, 0.1) is 11.4 Å². The maximum absolute atomic E-state index is 4.77. The van der Waals surface area contributed by atoms with E-state index >= 15 is 0 Å². The van der Waals surface area contributed by atoms with Crippen LogP contribution in [0.2, 0.25) is 0 Å². The molecule has 0 bridgehead atoms. The molecule has 0 aliphatic carbocycles. The third kappa shape index (κ3) is 2.96. The van der Waals surface area contributed by atoms with Gasteiger partial charge in [0.2, 0.25) is 0 Å². The van der Waals surface area contributed by atoms with E-state index in [2.05, 4.69) is 132 Å². The molecule has 6 rings (SSSR count). The first-order chi connectivity index (χ1) is 16.7. The van der Waals surface area contributed by atoms with Crippen molar-refractivity contribution in [2.45, 2.75) is 0 Å². The number of fused-ring (bicyclic) bond motifs is 2. The Kier molecular flexibility index (Phi) is 4.74. The van der Waals surface area contributed by atoms with E-state index in [1.54, 1.807) is 0 Å². The van der Waals surface area contributed by atoms with Gasteiger partial charge < -0.3 is 9.13 Å². The molecule has 0 amide bonds. The number of hydrogen-bond donors (Lipinski definition) is 0. The summed E-state index contributed by atoms with van der Waals surface area (Å²) >= 11 is 0. The third-order valence-electron chi connectivity index (χ3n) is 6.91. The Morgan fingerprint density at radius 1 is 0.500 bits per heavy atom. The molecule has 2 aromatic heterocycles. The molecule has 0 radical (unpaired) electrons. The minimum atomic E-state index is 1.05. The quantitative estimate of drug-likeness (QED) is 0.263. The highest BCUT2D eigenvalue weighted by Crippen LogP contribution is 2.45. The highest BCUT2D eigenvalue weighted by molar-refractivity contribution is 6.11. The van der Waals surface area contributed by atoms with Crippen molar-refractivity contribution in [3.63, 3.8) is 0 Å². The highest BCUT2D eigenvalue weighted by Gasteiger charge is 2.25. The smallest absolute Gasteiger partial charge is 0.0568 e. The van der Waals surface area contributed by atoms with Gasteiger partial charge in [-0.15, -0.1) is 0 Å². The van der Waals surface area contributed by atoms with Crippen LogP contribution in [0.25, 0.3) is 49.9 Å². The summed E-state index contributed by atoms with van der Waals surface area (Å²) in [5.41, 5.74) is 10.6. The number of nitrogens with zero attached hydrogens (tertiary/aromatic N) is 2. The zero-order valence-electron chi connectivity index (χ0n) is 19.5. The van der Waals surface area contributed by atoms with Crippen molar-refractivity contribution in [3.8, 4) is 22.5 Å². The number of hydrogen-bond acceptors (Lipinski definition) is 0. The zero-order valence-corrected chi connectivity index (χ0v) is 19.5. The first-order valence-corrected chi connectivity index (χ1v) is 11.6. The third-order valence-corrected chi connectivity index (χ3v) is 6.91. The number of aromatic nitrogens is 2. The van der Waals surface area contributed by atoms with Gasteiger partial charge in [0.1, 0.15) is 0 Å². The van der Waals surface area contributed by atoms with Gasteiger partial charge in [-0.1, -0.05) is 104 Å². The van der Waals surface area contributed by atoms with E-state index in [9.17, 15) is 0 Å². The van der Waals surface area contributed by atoms with E-state index in [0.717, 1.165) is 5.57 Å². The lowest BCUT2D eigenvalue weighted by Gasteiger charge is -2.14. The average Bonchev–Trinajstić information content (AvgIpc) is 3.36. The van der Waals surface area contributed by atoms with E-state index in [0.29, 0.717) is 0 Å². The summed E-state index contributed by atoms with van der Waals surface area (Å²) < 4.78 is 4.61.